The molecule has 0 spiro atoms. The van der Waals surface area contributed by atoms with Crippen LogP contribution in [0, 0.1) is 6.92 Å². The number of carboxylic acids is 1. The molecule has 5 nitrogen and oxygen atoms in total. The zero-order valence-corrected chi connectivity index (χ0v) is 7.48. The number of carboxylic acid groups (broad SMARTS) is 1. The Morgan fingerprint density at radius 3 is 2.46 bits per heavy atom. The highest BCUT2D eigenvalue weighted by Gasteiger charge is 2.04. The van der Waals surface area contributed by atoms with Gasteiger partial charge in [0.1, 0.15) is 5.69 Å². The molecule has 0 saturated heterocycles. The number of aliphatic hydroxyl groups is 1. The smallest absolute Gasteiger partial charge is 0.354 e. The van der Waals surface area contributed by atoms with Crippen LogP contribution in [-0.4, -0.2) is 28.3 Å². The molecule has 0 atom stereocenters. The van der Waals surface area contributed by atoms with E-state index in [1.54, 1.807) is 6.92 Å². The summed E-state index contributed by atoms with van der Waals surface area (Å²) in [4.78, 5) is 14.0. The molecule has 5 heteroatoms. The monoisotopic (exact) mass is 184 g/mol. The molecule has 0 aliphatic carbocycles. The molecule has 72 valence electrons. The molecule has 0 bridgehead atoms. The van der Waals surface area contributed by atoms with E-state index in [0.29, 0.717) is 5.69 Å². The number of aromatic carboxylic acids is 1. The van der Waals surface area contributed by atoms with E-state index in [4.69, 9.17) is 15.9 Å². The maximum atomic E-state index is 10.3. The molecule has 0 aliphatic rings. The number of hydrogen-bond acceptors (Lipinski definition) is 4. The number of aryl methyl sites for hydroxylation is 1. The summed E-state index contributed by atoms with van der Waals surface area (Å²) in [6.45, 7) is 1.77. The number of anilines is 1. The van der Waals surface area contributed by atoms with Crippen molar-refractivity contribution in [1.29, 1.82) is 0 Å². The minimum atomic E-state index is -1.06. The summed E-state index contributed by atoms with van der Waals surface area (Å²) in [6.07, 6.45) is 1.44. The molecule has 0 aromatic carbocycles. The summed E-state index contributed by atoms with van der Waals surface area (Å²) in [6, 6.07) is 1.34. The van der Waals surface area contributed by atoms with Crippen LogP contribution >= 0.6 is 0 Å². The van der Waals surface area contributed by atoms with Crippen LogP contribution in [0.5, 0.6) is 0 Å². The number of aromatic nitrogens is 1. The SMILES string of the molecule is CO.Cc1cnc(C(=O)O)cc1N. The Labute approximate surface area is 75.8 Å². The predicted octanol–water partition coefficient (Wildman–Crippen LogP) is 0.279. The molecule has 1 aromatic rings. The number of nitrogens with two attached hydrogens (primary N) is 1. The quantitative estimate of drug-likeness (QED) is 0.582. The van der Waals surface area contributed by atoms with Gasteiger partial charge in [0.2, 0.25) is 0 Å². The lowest BCUT2D eigenvalue weighted by Crippen LogP contribution is -2.02. The standard InChI is InChI=1S/C7H8N2O2.CH4O/c1-4-3-9-6(7(10)11)2-5(4)8;1-2/h2-3H,1H3,(H2,8,9)(H,10,11);2H,1H3. The minimum Gasteiger partial charge on any atom is -0.477 e. The Morgan fingerprint density at radius 2 is 2.08 bits per heavy atom. The van der Waals surface area contributed by atoms with Crippen molar-refractivity contribution in [1.82, 2.24) is 4.98 Å². The van der Waals surface area contributed by atoms with E-state index in [1.165, 1.54) is 12.3 Å². The molecule has 0 aliphatic heterocycles. The number of pyridine rings is 1. The number of hydrogen-bond donors (Lipinski definition) is 3. The maximum Gasteiger partial charge on any atom is 0.354 e. The van der Waals surface area contributed by atoms with Crippen molar-refractivity contribution in [3.05, 3.63) is 23.5 Å². The first kappa shape index (κ1) is 11.4. The Morgan fingerprint density at radius 1 is 1.54 bits per heavy atom. The topological polar surface area (TPSA) is 96.4 Å². The Bertz CT molecular complexity index is 299. The minimum absolute atomic E-state index is 0.0203. The second-order valence-electron chi connectivity index (χ2n) is 2.23. The van der Waals surface area contributed by atoms with E-state index in [0.717, 1.165) is 12.7 Å². The summed E-state index contributed by atoms with van der Waals surface area (Å²) in [5.74, 6) is -1.06. The lowest BCUT2D eigenvalue weighted by Gasteiger charge is -1.98. The van der Waals surface area contributed by atoms with Gasteiger partial charge in [-0.05, 0) is 18.6 Å². The molecule has 0 amide bonds. The number of rotatable bonds is 1. The Kier molecular flexibility index (Phi) is 4.47. The van der Waals surface area contributed by atoms with Crippen LogP contribution in [0.2, 0.25) is 0 Å². The second-order valence-corrected chi connectivity index (χ2v) is 2.23. The molecular formula is C8H12N2O3. The maximum absolute atomic E-state index is 10.3. The van der Waals surface area contributed by atoms with Gasteiger partial charge in [0, 0.05) is 19.0 Å². The summed E-state index contributed by atoms with van der Waals surface area (Å²) in [7, 11) is 1.00. The van der Waals surface area contributed by atoms with E-state index in [-0.39, 0.29) is 5.69 Å². The van der Waals surface area contributed by atoms with Gasteiger partial charge in [-0.1, -0.05) is 0 Å². The van der Waals surface area contributed by atoms with Crippen molar-refractivity contribution in [3.63, 3.8) is 0 Å². The highest BCUT2D eigenvalue weighted by molar-refractivity contribution is 5.86. The Balaban J connectivity index is 0.000000671. The zero-order valence-electron chi connectivity index (χ0n) is 7.48. The van der Waals surface area contributed by atoms with Gasteiger partial charge in [-0.2, -0.15) is 0 Å². The van der Waals surface area contributed by atoms with Crippen molar-refractivity contribution in [2.24, 2.45) is 0 Å². The molecule has 0 radical (unpaired) electrons. The second kappa shape index (κ2) is 5.10. The van der Waals surface area contributed by atoms with E-state index in [2.05, 4.69) is 4.98 Å². The average Bonchev–Trinajstić information content (AvgIpc) is 2.13. The first-order valence-electron chi connectivity index (χ1n) is 3.51. The van der Waals surface area contributed by atoms with Gasteiger partial charge in [-0.3, -0.25) is 0 Å². The fraction of sp³-hybridized carbons (Fsp3) is 0.250. The fourth-order valence-corrected chi connectivity index (χ4v) is 0.656. The van der Waals surface area contributed by atoms with Crippen LogP contribution in [0.25, 0.3) is 0 Å². The summed E-state index contributed by atoms with van der Waals surface area (Å²) in [5, 5.41) is 15.5. The number of nitrogens with zero attached hydrogens (tertiary/aromatic N) is 1. The van der Waals surface area contributed by atoms with Gasteiger partial charge in [0.15, 0.2) is 0 Å². The molecule has 0 unspecified atom stereocenters. The van der Waals surface area contributed by atoms with Crippen molar-refractivity contribution in [2.45, 2.75) is 6.92 Å². The number of carbonyl (C=O) groups is 1. The van der Waals surface area contributed by atoms with Gasteiger partial charge < -0.3 is 15.9 Å². The van der Waals surface area contributed by atoms with E-state index < -0.39 is 5.97 Å². The first-order chi connectivity index (χ1) is 6.11. The van der Waals surface area contributed by atoms with E-state index >= 15 is 0 Å². The van der Waals surface area contributed by atoms with Crippen LogP contribution in [0.3, 0.4) is 0 Å². The Hall–Kier alpha value is -1.62. The zero-order chi connectivity index (χ0) is 10.4. The van der Waals surface area contributed by atoms with Crippen molar-refractivity contribution in [3.8, 4) is 0 Å². The fourth-order valence-electron chi connectivity index (χ4n) is 0.656. The van der Waals surface area contributed by atoms with Crippen molar-refractivity contribution >= 4 is 11.7 Å². The van der Waals surface area contributed by atoms with Crippen LogP contribution in [0.1, 0.15) is 16.1 Å². The van der Waals surface area contributed by atoms with Crippen LogP contribution in [-0.2, 0) is 0 Å². The molecule has 13 heavy (non-hydrogen) atoms. The van der Waals surface area contributed by atoms with Crippen LogP contribution in [0.4, 0.5) is 5.69 Å². The average molecular weight is 184 g/mol. The highest BCUT2D eigenvalue weighted by Crippen LogP contribution is 2.09. The highest BCUT2D eigenvalue weighted by atomic mass is 16.4. The van der Waals surface area contributed by atoms with E-state index in [1.807, 2.05) is 0 Å². The molecule has 1 rings (SSSR count). The van der Waals surface area contributed by atoms with Gasteiger partial charge in [0.25, 0.3) is 0 Å². The molecule has 0 fully saturated rings. The summed E-state index contributed by atoms with van der Waals surface area (Å²) < 4.78 is 0. The number of nitrogen functional groups attached to an aromatic ring is 1. The van der Waals surface area contributed by atoms with Crippen LogP contribution < -0.4 is 5.73 Å². The molecule has 0 saturated carbocycles. The molecule has 1 heterocycles. The normalized spacial score (nSPS) is 8.54. The largest absolute Gasteiger partial charge is 0.477 e. The van der Waals surface area contributed by atoms with Gasteiger partial charge >= 0.3 is 5.97 Å². The molecule has 4 N–H and O–H groups in total. The van der Waals surface area contributed by atoms with Crippen molar-refractivity contribution < 1.29 is 15.0 Å². The summed E-state index contributed by atoms with van der Waals surface area (Å²) >= 11 is 0. The van der Waals surface area contributed by atoms with E-state index in [9.17, 15) is 4.79 Å². The first-order valence-corrected chi connectivity index (χ1v) is 3.51. The summed E-state index contributed by atoms with van der Waals surface area (Å²) in [5.41, 5.74) is 6.68. The third-order valence-corrected chi connectivity index (χ3v) is 1.36. The third-order valence-electron chi connectivity index (χ3n) is 1.36. The van der Waals surface area contributed by atoms with Gasteiger partial charge in [-0.15, -0.1) is 0 Å². The van der Waals surface area contributed by atoms with Gasteiger partial charge in [-0.25, -0.2) is 9.78 Å². The van der Waals surface area contributed by atoms with Gasteiger partial charge in [0.05, 0.1) is 0 Å². The predicted molar refractivity (Wildman–Crippen MR) is 48.5 cm³/mol. The van der Waals surface area contributed by atoms with Crippen LogP contribution in [0.15, 0.2) is 12.3 Å². The lowest BCUT2D eigenvalue weighted by molar-refractivity contribution is 0.0690. The number of aliphatic hydroxyl groups excluding tert-OH is 1. The third kappa shape index (κ3) is 3.08. The van der Waals surface area contributed by atoms with Crippen molar-refractivity contribution in [2.75, 3.05) is 12.8 Å². The molecule has 1 aromatic heterocycles. The lowest BCUT2D eigenvalue weighted by atomic mass is 10.2. The molecular weight excluding hydrogens is 172 g/mol.